The van der Waals surface area contributed by atoms with Crippen LogP contribution in [0.3, 0.4) is 0 Å². The summed E-state index contributed by atoms with van der Waals surface area (Å²) >= 11 is 1.39. The molecule has 7 heteroatoms. The van der Waals surface area contributed by atoms with E-state index >= 15 is 0 Å². The Morgan fingerprint density at radius 2 is 1.77 bits per heavy atom. The molecule has 0 unspecified atom stereocenters. The Kier molecular flexibility index (Phi) is 5.72. The molecule has 156 valence electrons. The molecule has 0 radical (unpaired) electrons. The van der Waals surface area contributed by atoms with Crippen LogP contribution in [0.2, 0.25) is 0 Å². The minimum Gasteiger partial charge on any atom is -0.397 e. The monoisotopic (exact) mass is 422 g/mol. The quantitative estimate of drug-likeness (QED) is 0.629. The fraction of sp³-hybridized carbons (Fsp3) is 0.348. The lowest BCUT2D eigenvalue weighted by molar-refractivity contribution is 0.0752. The van der Waals surface area contributed by atoms with Crippen LogP contribution in [-0.4, -0.2) is 47.8 Å². The largest absolute Gasteiger partial charge is 0.397 e. The standard InChI is InChI=1S/C23H26N4O2S/c1-3-4-17-7-10-19-20(24)21(30-22(19)25-17)23(29)27-13-11-26(12-14-27)18-8-5-16(6-9-18)15(2)28/h5-10H,3-4,11-14,24H2,1-2H3. The van der Waals surface area contributed by atoms with E-state index in [2.05, 4.69) is 16.8 Å². The van der Waals surface area contributed by atoms with E-state index < -0.39 is 0 Å². The number of Topliss-reactive ketones (excluding diaryl/α,β-unsaturated/α-hetero) is 1. The topological polar surface area (TPSA) is 79.5 Å². The SMILES string of the molecule is CCCc1ccc2c(N)c(C(=O)N3CCN(c4ccc(C(C)=O)cc4)CC3)sc2n1. The lowest BCUT2D eigenvalue weighted by atomic mass is 10.1. The van der Waals surface area contributed by atoms with Gasteiger partial charge >= 0.3 is 0 Å². The molecule has 1 aromatic carbocycles. The first-order valence-corrected chi connectivity index (χ1v) is 11.1. The second-order valence-corrected chi connectivity index (χ2v) is 8.63. The highest BCUT2D eigenvalue weighted by Crippen LogP contribution is 2.34. The number of aryl methyl sites for hydroxylation is 1. The maximum atomic E-state index is 13.1. The number of piperazine rings is 1. The van der Waals surface area contributed by atoms with Crippen molar-refractivity contribution < 1.29 is 9.59 Å². The van der Waals surface area contributed by atoms with Crippen molar-refractivity contribution >= 4 is 44.6 Å². The van der Waals surface area contributed by atoms with Crippen molar-refractivity contribution in [3.05, 3.63) is 52.5 Å². The Balaban J connectivity index is 1.46. The molecule has 0 bridgehead atoms. The highest BCUT2D eigenvalue weighted by atomic mass is 32.1. The fourth-order valence-corrected chi connectivity index (χ4v) is 4.89. The second kappa shape index (κ2) is 8.44. The van der Waals surface area contributed by atoms with Crippen LogP contribution >= 0.6 is 11.3 Å². The molecule has 1 amide bonds. The number of benzene rings is 1. The van der Waals surface area contributed by atoms with Crippen molar-refractivity contribution in [1.82, 2.24) is 9.88 Å². The van der Waals surface area contributed by atoms with Gasteiger partial charge in [0, 0.05) is 48.5 Å². The lowest BCUT2D eigenvalue weighted by Crippen LogP contribution is -2.48. The first-order chi connectivity index (χ1) is 14.5. The summed E-state index contributed by atoms with van der Waals surface area (Å²) in [4.78, 5) is 34.8. The van der Waals surface area contributed by atoms with Crippen LogP contribution in [0.1, 0.15) is 46.0 Å². The number of carbonyl (C=O) groups excluding carboxylic acids is 2. The summed E-state index contributed by atoms with van der Waals surface area (Å²) < 4.78 is 0. The molecule has 2 N–H and O–H groups in total. The lowest BCUT2D eigenvalue weighted by Gasteiger charge is -2.36. The number of thiophene rings is 1. The molecule has 1 fully saturated rings. The molecule has 1 aliphatic heterocycles. The van der Waals surface area contributed by atoms with E-state index in [1.54, 1.807) is 6.92 Å². The van der Waals surface area contributed by atoms with Gasteiger partial charge in [-0.1, -0.05) is 13.3 Å². The van der Waals surface area contributed by atoms with Gasteiger partial charge in [-0.25, -0.2) is 4.98 Å². The van der Waals surface area contributed by atoms with Gasteiger partial charge in [-0.2, -0.15) is 0 Å². The number of rotatable bonds is 5. The molecule has 0 atom stereocenters. The van der Waals surface area contributed by atoms with Crippen molar-refractivity contribution in [2.24, 2.45) is 0 Å². The number of pyridine rings is 1. The van der Waals surface area contributed by atoms with Crippen LogP contribution in [0, 0.1) is 0 Å². The molecule has 6 nitrogen and oxygen atoms in total. The number of ketones is 1. The van der Waals surface area contributed by atoms with Crippen LogP contribution in [0.15, 0.2) is 36.4 Å². The maximum Gasteiger partial charge on any atom is 0.266 e. The average molecular weight is 423 g/mol. The molecule has 2 aromatic heterocycles. The van der Waals surface area contributed by atoms with Gasteiger partial charge < -0.3 is 15.5 Å². The summed E-state index contributed by atoms with van der Waals surface area (Å²) in [5.41, 5.74) is 9.67. The molecule has 3 aromatic rings. The Morgan fingerprint density at radius 1 is 1.07 bits per heavy atom. The number of aromatic nitrogens is 1. The van der Waals surface area contributed by atoms with E-state index in [9.17, 15) is 9.59 Å². The van der Waals surface area contributed by atoms with Gasteiger partial charge in [-0.3, -0.25) is 9.59 Å². The minimum atomic E-state index is -0.0147. The third kappa shape index (κ3) is 3.89. The predicted molar refractivity (Wildman–Crippen MR) is 123 cm³/mol. The fourth-order valence-electron chi connectivity index (χ4n) is 3.81. The van der Waals surface area contributed by atoms with Crippen molar-refractivity contribution in [1.29, 1.82) is 0 Å². The van der Waals surface area contributed by atoms with Gasteiger partial charge in [0.25, 0.3) is 5.91 Å². The molecule has 0 spiro atoms. The van der Waals surface area contributed by atoms with Gasteiger partial charge in [-0.15, -0.1) is 11.3 Å². The number of hydrogen-bond donors (Lipinski definition) is 1. The number of nitrogens with zero attached hydrogens (tertiary/aromatic N) is 3. The smallest absolute Gasteiger partial charge is 0.266 e. The first-order valence-electron chi connectivity index (χ1n) is 10.3. The van der Waals surface area contributed by atoms with Crippen molar-refractivity contribution in [2.75, 3.05) is 36.8 Å². The number of anilines is 2. The zero-order valence-electron chi connectivity index (χ0n) is 17.4. The Hall–Kier alpha value is -2.93. The molecule has 1 aliphatic rings. The normalized spacial score (nSPS) is 14.3. The van der Waals surface area contributed by atoms with Gasteiger partial charge in [0.05, 0.1) is 5.69 Å². The summed E-state index contributed by atoms with van der Waals surface area (Å²) in [6.45, 7) is 6.45. The van der Waals surface area contributed by atoms with E-state index in [4.69, 9.17) is 5.73 Å². The number of nitrogens with two attached hydrogens (primary N) is 1. The van der Waals surface area contributed by atoms with Gasteiger partial charge in [-0.05, 0) is 49.7 Å². The molecule has 3 heterocycles. The first kappa shape index (κ1) is 20.3. The van der Waals surface area contributed by atoms with Crippen LogP contribution < -0.4 is 10.6 Å². The van der Waals surface area contributed by atoms with E-state index in [-0.39, 0.29) is 11.7 Å². The maximum absolute atomic E-state index is 13.1. The zero-order chi connectivity index (χ0) is 21.3. The van der Waals surface area contributed by atoms with Gasteiger partial charge in [0.15, 0.2) is 5.78 Å². The van der Waals surface area contributed by atoms with Crippen molar-refractivity contribution in [3.8, 4) is 0 Å². The molecular formula is C23H26N4O2S. The summed E-state index contributed by atoms with van der Waals surface area (Å²) in [6.07, 6.45) is 1.96. The summed E-state index contributed by atoms with van der Waals surface area (Å²) in [7, 11) is 0. The average Bonchev–Trinajstić information content (AvgIpc) is 3.09. The molecule has 4 rings (SSSR count). The van der Waals surface area contributed by atoms with Crippen LogP contribution in [0.4, 0.5) is 11.4 Å². The van der Waals surface area contributed by atoms with E-state index in [1.807, 2.05) is 41.3 Å². The third-order valence-electron chi connectivity index (χ3n) is 5.56. The molecule has 30 heavy (non-hydrogen) atoms. The van der Waals surface area contributed by atoms with Crippen LogP contribution in [0.5, 0.6) is 0 Å². The van der Waals surface area contributed by atoms with Crippen LogP contribution in [-0.2, 0) is 6.42 Å². The molecule has 0 aliphatic carbocycles. The highest BCUT2D eigenvalue weighted by Gasteiger charge is 2.26. The Bertz CT molecular complexity index is 1080. The molecule has 0 saturated carbocycles. The Morgan fingerprint density at radius 3 is 2.40 bits per heavy atom. The Labute approximate surface area is 180 Å². The second-order valence-electron chi connectivity index (χ2n) is 7.63. The summed E-state index contributed by atoms with van der Waals surface area (Å²) in [5.74, 6) is 0.0494. The van der Waals surface area contributed by atoms with E-state index in [0.29, 0.717) is 29.2 Å². The van der Waals surface area contributed by atoms with Crippen molar-refractivity contribution in [3.63, 3.8) is 0 Å². The predicted octanol–water partition coefficient (Wildman–Crippen LogP) is 4.00. The summed E-state index contributed by atoms with van der Waals surface area (Å²) in [6, 6.07) is 11.6. The zero-order valence-corrected chi connectivity index (χ0v) is 18.2. The number of nitrogen functional groups attached to an aromatic ring is 1. The third-order valence-corrected chi connectivity index (χ3v) is 6.66. The van der Waals surface area contributed by atoms with Gasteiger partial charge in [0.1, 0.15) is 9.71 Å². The number of carbonyl (C=O) groups is 2. The number of hydrogen-bond acceptors (Lipinski definition) is 6. The number of fused-ring (bicyclic) bond motifs is 1. The highest BCUT2D eigenvalue weighted by molar-refractivity contribution is 7.21. The van der Waals surface area contributed by atoms with Crippen LogP contribution in [0.25, 0.3) is 10.2 Å². The van der Waals surface area contributed by atoms with E-state index in [1.165, 1.54) is 11.3 Å². The van der Waals surface area contributed by atoms with Gasteiger partial charge in [0.2, 0.25) is 0 Å². The van der Waals surface area contributed by atoms with Crippen molar-refractivity contribution in [2.45, 2.75) is 26.7 Å². The number of amides is 1. The minimum absolute atomic E-state index is 0.0147. The molecule has 1 saturated heterocycles. The summed E-state index contributed by atoms with van der Waals surface area (Å²) in [5, 5.41) is 0.868. The van der Waals surface area contributed by atoms with E-state index in [0.717, 1.165) is 47.5 Å². The molecular weight excluding hydrogens is 396 g/mol.